The van der Waals surface area contributed by atoms with E-state index in [1.54, 1.807) is 0 Å². The highest BCUT2D eigenvalue weighted by molar-refractivity contribution is 5.91. The summed E-state index contributed by atoms with van der Waals surface area (Å²) in [6.07, 6.45) is -3.02. The molecule has 0 aliphatic heterocycles. The van der Waals surface area contributed by atoms with Crippen LogP contribution in [0.2, 0.25) is 0 Å². The molecule has 0 saturated heterocycles. The molecule has 7 heteroatoms. The van der Waals surface area contributed by atoms with Crippen LogP contribution in [0.4, 0.5) is 13.2 Å². The van der Waals surface area contributed by atoms with Crippen molar-refractivity contribution < 1.29 is 22.7 Å². The number of alkyl halides is 2. The van der Waals surface area contributed by atoms with Crippen molar-refractivity contribution in [1.82, 2.24) is 4.98 Å². The summed E-state index contributed by atoms with van der Waals surface area (Å²) in [6.45, 7) is 0. The van der Waals surface area contributed by atoms with Gasteiger partial charge in [-0.1, -0.05) is 0 Å². The number of esters is 1. The minimum atomic E-state index is -3.02. The summed E-state index contributed by atoms with van der Waals surface area (Å²) in [5.74, 6) is -2.39. The maximum Gasteiger partial charge on any atom is 0.343 e. The quantitative estimate of drug-likeness (QED) is 0.727. The smallest absolute Gasteiger partial charge is 0.343 e. The Labute approximate surface area is 88.3 Å². The second kappa shape index (κ2) is 4.61. The van der Waals surface area contributed by atoms with E-state index in [9.17, 15) is 18.0 Å². The Hall–Kier alpha value is -2.10. The molecule has 0 unspecified atom stereocenters. The summed E-state index contributed by atoms with van der Waals surface area (Å²) in [5, 5.41) is 8.56. The second-order valence-electron chi connectivity index (χ2n) is 2.66. The number of ether oxygens (including phenoxy) is 1. The molecule has 0 radical (unpaired) electrons. The molecule has 1 aromatic rings. The fourth-order valence-corrected chi connectivity index (χ4v) is 1.02. The average molecular weight is 230 g/mol. The maximum atomic E-state index is 13.3. The molecule has 0 aromatic carbocycles. The van der Waals surface area contributed by atoms with Gasteiger partial charge in [0.15, 0.2) is 5.69 Å². The summed E-state index contributed by atoms with van der Waals surface area (Å²) >= 11 is 0. The van der Waals surface area contributed by atoms with Crippen molar-refractivity contribution in [3.05, 3.63) is 28.8 Å². The van der Waals surface area contributed by atoms with Gasteiger partial charge in [0.05, 0.1) is 7.11 Å². The van der Waals surface area contributed by atoms with Crippen LogP contribution in [0.5, 0.6) is 0 Å². The van der Waals surface area contributed by atoms with Gasteiger partial charge in [0.1, 0.15) is 23.1 Å². The van der Waals surface area contributed by atoms with E-state index < -0.39 is 35.2 Å². The molecule has 0 fully saturated rings. The van der Waals surface area contributed by atoms with Gasteiger partial charge in [0.2, 0.25) is 0 Å². The first-order chi connectivity index (χ1) is 7.51. The minimum absolute atomic E-state index is 0.401. The van der Waals surface area contributed by atoms with Crippen molar-refractivity contribution in [3.63, 3.8) is 0 Å². The highest BCUT2D eigenvalue weighted by Crippen LogP contribution is 2.21. The lowest BCUT2D eigenvalue weighted by molar-refractivity contribution is 0.0593. The van der Waals surface area contributed by atoms with Crippen molar-refractivity contribution in [3.8, 4) is 6.07 Å². The number of nitrogens with zero attached hydrogens (tertiary/aromatic N) is 2. The number of methoxy groups -OCH3 is 1. The van der Waals surface area contributed by atoms with Crippen LogP contribution in [0.1, 0.15) is 28.2 Å². The van der Waals surface area contributed by atoms with E-state index in [1.807, 2.05) is 0 Å². The molecule has 16 heavy (non-hydrogen) atoms. The first-order valence-electron chi connectivity index (χ1n) is 3.98. The van der Waals surface area contributed by atoms with Crippen LogP contribution in [0.15, 0.2) is 6.07 Å². The first-order valence-corrected chi connectivity index (χ1v) is 3.98. The summed E-state index contributed by atoms with van der Waals surface area (Å²) < 4.78 is 41.9. The number of aromatic nitrogens is 1. The number of nitriles is 1. The van der Waals surface area contributed by atoms with Gasteiger partial charge in [-0.25, -0.2) is 22.9 Å². The van der Waals surface area contributed by atoms with E-state index >= 15 is 0 Å². The van der Waals surface area contributed by atoms with Crippen molar-refractivity contribution in [2.24, 2.45) is 0 Å². The van der Waals surface area contributed by atoms with Crippen LogP contribution in [0.25, 0.3) is 0 Å². The normalized spacial score (nSPS) is 10.0. The topological polar surface area (TPSA) is 63.0 Å². The van der Waals surface area contributed by atoms with Crippen LogP contribution in [0, 0.1) is 17.1 Å². The summed E-state index contributed by atoms with van der Waals surface area (Å²) in [6, 6.07) is 1.76. The lowest BCUT2D eigenvalue weighted by Gasteiger charge is -2.05. The van der Waals surface area contributed by atoms with Crippen LogP contribution in [-0.2, 0) is 4.74 Å². The molecule has 0 aliphatic carbocycles. The van der Waals surface area contributed by atoms with Gasteiger partial charge in [-0.3, -0.25) is 0 Å². The zero-order valence-corrected chi connectivity index (χ0v) is 8.00. The molecule has 0 amide bonds. The van der Waals surface area contributed by atoms with Crippen LogP contribution in [0.3, 0.4) is 0 Å². The molecule has 0 atom stereocenters. The lowest BCUT2D eigenvalue weighted by Crippen LogP contribution is -2.11. The Kier molecular flexibility index (Phi) is 3.45. The van der Waals surface area contributed by atoms with E-state index in [0.717, 1.165) is 7.11 Å². The number of carbonyl (C=O) groups excluding carboxylic acids is 1. The Morgan fingerprint density at radius 2 is 2.25 bits per heavy atom. The van der Waals surface area contributed by atoms with Crippen molar-refractivity contribution >= 4 is 5.97 Å². The Morgan fingerprint density at radius 3 is 2.69 bits per heavy atom. The van der Waals surface area contributed by atoms with E-state index in [0.29, 0.717) is 6.07 Å². The number of rotatable bonds is 2. The Bertz CT molecular complexity index is 469. The Morgan fingerprint density at radius 1 is 1.62 bits per heavy atom. The molecule has 0 saturated carbocycles. The summed E-state index contributed by atoms with van der Waals surface area (Å²) in [4.78, 5) is 14.2. The molecule has 1 heterocycles. The number of hydrogen-bond donors (Lipinski definition) is 0. The van der Waals surface area contributed by atoms with Crippen LogP contribution >= 0.6 is 0 Å². The Balaban J connectivity index is 3.42. The zero-order chi connectivity index (χ0) is 12.3. The standard InChI is InChI=1S/C9H5F3N2O2/c1-16-9(15)7-4(10)2-5(8(11)12)14-6(7)3-13/h2,8H,1H3. The van der Waals surface area contributed by atoms with Gasteiger partial charge in [-0.2, -0.15) is 5.26 Å². The molecule has 0 aliphatic rings. The molecular weight excluding hydrogens is 225 g/mol. The number of halogens is 3. The van der Waals surface area contributed by atoms with Crippen molar-refractivity contribution in [1.29, 1.82) is 5.26 Å². The summed E-state index contributed by atoms with van der Waals surface area (Å²) in [7, 11) is 0.976. The molecule has 0 N–H and O–H groups in total. The SMILES string of the molecule is COC(=O)c1c(F)cc(C(F)F)nc1C#N. The van der Waals surface area contributed by atoms with Gasteiger partial charge in [0, 0.05) is 6.07 Å². The highest BCUT2D eigenvalue weighted by atomic mass is 19.3. The van der Waals surface area contributed by atoms with Gasteiger partial charge in [-0.15, -0.1) is 0 Å². The van der Waals surface area contributed by atoms with Crippen molar-refractivity contribution in [2.45, 2.75) is 6.43 Å². The zero-order valence-electron chi connectivity index (χ0n) is 8.00. The van der Waals surface area contributed by atoms with Crippen molar-refractivity contribution in [2.75, 3.05) is 7.11 Å². The maximum absolute atomic E-state index is 13.3. The highest BCUT2D eigenvalue weighted by Gasteiger charge is 2.23. The second-order valence-corrected chi connectivity index (χ2v) is 2.66. The fourth-order valence-electron chi connectivity index (χ4n) is 1.02. The predicted molar refractivity (Wildman–Crippen MR) is 45.2 cm³/mol. The summed E-state index contributed by atoms with van der Waals surface area (Å²) in [5.41, 5.74) is -2.36. The molecule has 0 bridgehead atoms. The van der Waals surface area contributed by atoms with Gasteiger partial charge < -0.3 is 4.74 Å². The third kappa shape index (κ3) is 2.11. The molecular formula is C9H5F3N2O2. The average Bonchev–Trinajstić information content (AvgIpc) is 2.26. The van der Waals surface area contributed by atoms with E-state index in [2.05, 4.69) is 9.72 Å². The van der Waals surface area contributed by atoms with Gasteiger partial charge in [-0.05, 0) is 0 Å². The van der Waals surface area contributed by atoms with Crippen LogP contribution in [-0.4, -0.2) is 18.1 Å². The molecule has 84 valence electrons. The number of carbonyl (C=O) groups is 1. The van der Waals surface area contributed by atoms with Crippen LogP contribution < -0.4 is 0 Å². The first kappa shape index (κ1) is 12.0. The predicted octanol–water partition coefficient (Wildman–Crippen LogP) is 1.82. The minimum Gasteiger partial charge on any atom is -0.465 e. The molecule has 1 rings (SSSR count). The third-order valence-corrected chi connectivity index (χ3v) is 1.71. The fraction of sp³-hybridized carbons (Fsp3) is 0.222. The molecule has 4 nitrogen and oxygen atoms in total. The van der Waals surface area contributed by atoms with Gasteiger partial charge >= 0.3 is 5.97 Å². The van der Waals surface area contributed by atoms with E-state index in [4.69, 9.17) is 5.26 Å². The number of pyridine rings is 1. The lowest BCUT2D eigenvalue weighted by atomic mass is 10.1. The third-order valence-electron chi connectivity index (χ3n) is 1.71. The monoisotopic (exact) mass is 230 g/mol. The number of hydrogen-bond acceptors (Lipinski definition) is 4. The molecule has 0 spiro atoms. The largest absolute Gasteiger partial charge is 0.465 e. The van der Waals surface area contributed by atoms with E-state index in [-0.39, 0.29) is 0 Å². The van der Waals surface area contributed by atoms with E-state index in [1.165, 1.54) is 6.07 Å². The van der Waals surface area contributed by atoms with Gasteiger partial charge in [0.25, 0.3) is 6.43 Å². The molecule has 1 aromatic heterocycles.